The molecular formula is C54H110. The second kappa shape index (κ2) is 51.0. The highest BCUT2D eigenvalue weighted by Gasteiger charge is 2.08. The molecule has 0 amide bonds. The van der Waals surface area contributed by atoms with Gasteiger partial charge < -0.3 is 0 Å². The van der Waals surface area contributed by atoms with E-state index in [1.165, 1.54) is 321 Å². The highest BCUT2D eigenvalue weighted by Crippen LogP contribution is 2.24. The quantitative estimate of drug-likeness (QED) is 0.0542. The SMILES string of the molecule is CCCCCCCCCCCCCCCCCCCCCCCCCCC(CCCC)CCCCCCCCCCCCCCCCCCCCCCC. The van der Waals surface area contributed by atoms with Gasteiger partial charge in [-0.15, -0.1) is 0 Å². The van der Waals surface area contributed by atoms with Crippen LogP contribution in [0.1, 0.15) is 342 Å². The topological polar surface area (TPSA) is 0 Å². The van der Waals surface area contributed by atoms with E-state index in [4.69, 9.17) is 0 Å². The van der Waals surface area contributed by atoms with Gasteiger partial charge in [0.05, 0.1) is 0 Å². The Morgan fingerprint density at radius 3 is 0.444 bits per heavy atom. The standard InChI is InChI=1S/C54H110/c1-4-7-10-12-14-16-18-20-22-24-26-28-29-30-32-34-36-38-40-42-44-46-48-50-53-54(51-9-6-3)52-49-47-45-43-41-39-37-35-33-31-27-25-23-21-19-17-15-13-11-8-5-2/h54H,4-53H2,1-3H3. The molecule has 1 atom stereocenters. The molecule has 0 aliphatic rings. The summed E-state index contributed by atoms with van der Waals surface area (Å²) in [6.45, 7) is 7.01. The van der Waals surface area contributed by atoms with Crippen molar-refractivity contribution in [2.75, 3.05) is 0 Å². The van der Waals surface area contributed by atoms with Crippen molar-refractivity contribution in [2.45, 2.75) is 342 Å². The van der Waals surface area contributed by atoms with Gasteiger partial charge in [-0.05, 0) is 5.92 Å². The van der Waals surface area contributed by atoms with Crippen LogP contribution in [0, 0.1) is 5.92 Å². The smallest absolute Gasteiger partial charge is 0.0414 e. The van der Waals surface area contributed by atoms with E-state index >= 15 is 0 Å². The summed E-state index contributed by atoms with van der Waals surface area (Å²) >= 11 is 0. The first kappa shape index (κ1) is 54.0. The van der Waals surface area contributed by atoms with Crippen LogP contribution >= 0.6 is 0 Å². The lowest BCUT2D eigenvalue weighted by molar-refractivity contribution is 0.370. The van der Waals surface area contributed by atoms with Crippen molar-refractivity contribution in [3.05, 3.63) is 0 Å². The fourth-order valence-corrected chi connectivity index (χ4v) is 9.19. The number of hydrogen-bond donors (Lipinski definition) is 0. The van der Waals surface area contributed by atoms with E-state index in [0.29, 0.717) is 0 Å². The predicted molar refractivity (Wildman–Crippen MR) is 251 cm³/mol. The largest absolute Gasteiger partial charge is 0.0654 e. The third kappa shape index (κ3) is 48.1. The second-order valence-corrected chi connectivity index (χ2v) is 18.8. The lowest BCUT2D eigenvalue weighted by Crippen LogP contribution is -2.01. The first-order valence-corrected chi connectivity index (χ1v) is 26.8. The van der Waals surface area contributed by atoms with Crippen molar-refractivity contribution in [3.8, 4) is 0 Å². The molecule has 326 valence electrons. The Kier molecular flexibility index (Phi) is 51.0. The van der Waals surface area contributed by atoms with Crippen LogP contribution in [0.25, 0.3) is 0 Å². The first-order chi connectivity index (χ1) is 26.8. The maximum absolute atomic E-state index is 2.39. The van der Waals surface area contributed by atoms with Gasteiger partial charge in [-0.2, -0.15) is 0 Å². The van der Waals surface area contributed by atoms with E-state index < -0.39 is 0 Å². The van der Waals surface area contributed by atoms with E-state index in [-0.39, 0.29) is 0 Å². The summed E-state index contributed by atoms with van der Waals surface area (Å²) < 4.78 is 0. The van der Waals surface area contributed by atoms with Gasteiger partial charge in [-0.3, -0.25) is 0 Å². The molecule has 0 heterocycles. The molecule has 0 nitrogen and oxygen atoms in total. The molecule has 0 radical (unpaired) electrons. The molecule has 0 bridgehead atoms. The fourth-order valence-electron chi connectivity index (χ4n) is 9.19. The van der Waals surface area contributed by atoms with Crippen molar-refractivity contribution in [3.63, 3.8) is 0 Å². The van der Waals surface area contributed by atoms with Crippen molar-refractivity contribution >= 4 is 0 Å². The Bertz CT molecular complexity index is 607. The average Bonchev–Trinajstić information content (AvgIpc) is 3.18. The Hall–Kier alpha value is 0. The van der Waals surface area contributed by atoms with E-state index in [9.17, 15) is 0 Å². The van der Waals surface area contributed by atoms with Crippen LogP contribution in [0.3, 0.4) is 0 Å². The molecule has 0 aliphatic carbocycles. The van der Waals surface area contributed by atoms with Crippen LogP contribution in [0.4, 0.5) is 0 Å². The lowest BCUT2D eigenvalue weighted by Gasteiger charge is -2.16. The number of unbranched alkanes of at least 4 members (excludes halogenated alkanes) is 44. The van der Waals surface area contributed by atoms with Gasteiger partial charge in [0.1, 0.15) is 0 Å². The summed E-state index contributed by atoms with van der Waals surface area (Å²) in [5.41, 5.74) is 0. The van der Waals surface area contributed by atoms with Crippen LogP contribution in [0.5, 0.6) is 0 Å². The van der Waals surface area contributed by atoms with Gasteiger partial charge in [0.2, 0.25) is 0 Å². The minimum atomic E-state index is 1.03. The number of rotatable bonds is 50. The molecule has 0 heteroatoms. The average molecular weight is 759 g/mol. The lowest BCUT2D eigenvalue weighted by atomic mass is 9.90. The molecule has 0 saturated heterocycles. The van der Waals surface area contributed by atoms with Gasteiger partial charge in [-0.1, -0.05) is 342 Å². The normalized spacial score (nSPS) is 12.3. The maximum atomic E-state index is 2.39. The summed E-state index contributed by atoms with van der Waals surface area (Å²) in [7, 11) is 0. The second-order valence-electron chi connectivity index (χ2n) is 18.8. The molecule has 0 saturated carbocycles. The third-order valence-electron chi connectivity index (χ3n) is 13.1. The van der Waals surface area contributed by atoms with E-state index in [1.807, 2.05) is 0 Å². The van der Waals surface area contributed by atoms with E-state index in [0.717, 1.165) is 5.92 Å². The molecule has 0 rings (SSSR count). The minimum absolute atomic E-state index is 1.03. The Balaban J connectivity index is 3.38. The summed E-state index contributed by atoms with van der Waals surface area (Å²) in [5.74, 6) is 1.03. The van der Waals surface area contributed by atoms with Crippen molar-refractivity contribution in [1.29, 1.82) is 0 Å². The van der Waals surface area contributed by atoms with Gasteiger partial charge in [0, 0.05) is 0 Å². The molecular weight excluding hydrogens is 649 g/mol. The summed E-state index contributed by atoms with van der Waals surface area (Å²) in [6, 6.07) is 0. The van der Waals surface area contributed by atoms with Gasteiger partial charge in [-0.25, -0.2) is 0 Å². The molecule has 0 aromatic carbocycles. The van der Waals surface area contributed by atoms with Crippen LogP contribution in [-0.4, -0.2) is 0 Å². The van der Waals surface area contributed by atoms with Crippen molar-refractivity contribution in [1.82, 2.24) is 0 Å². The van der Waals surface area contributed by atoms with Crippen LogP contribution in [0.2, 0.25) is 0 Å². The minimum Gasteiger partial charge on any atom is -0.0654 e. The number of hydrogen-bond acceptors (Lipinski definition) is 0. The first-order valence-electron chi connectivity index (χ1n) is 26.8. The van der Waals surface area contributed by atoms with Gasteiger partial charge in [0.25, 0.3) is 0 Å². The monoisotopic (exact) mass is 759 g/mol. The molecule has 0 aliphatic heterocycles. The zero-order valence-corrected chi connectivity index (χ0v) is 38.9. The van der Waals surface area contributed by atoms with Crippen LogP contribution in [0.15, 0.2) is 0 Å². The maximum Gasteiger partial charge on any atom is -0.0414 e. The Labute approximate surface area is 346 Å². The van der Waals surface area contributed by atoms with E-state index in [1.54, 1.807) is 0 Å². The summed E-state index contributed by atoms with van der Waals surface area (Å²) in [6.07, 6.45) is 74.3. The molecule has 0 spiro atoms. The highest BCUT2D eigenvalue weighted by atomic mass is 14.1. The Morgan fingerprint density at radius 1 is 0.148 bits per heavy atom. The van der Waals surface area contributed by atoms with Crippen LogP contribution < -0.4 is 0 Å². The molecule has 1 unspecified atom stereocenters. The molecule has 54 heavy (non-hydrogen) atoms. The summed E-state index contributed by atoms with van der Waals surface area (Å²) in [4.78, 5) is 0. The van der Waals surface area contributed by atoms with Crippen molar-refractivity contribution in [2.24, 2.45) is 5.92 Å². The third-order valence-corrected chi connectivity index (χ3v) is 13.1. The zero-order valence-electron chi connectivity index (χ0n) is 38.9. The van der Waals surface area contributed by atoms with Gasteiger partial charge in [0.15, 0.2) is 0 Å². The molecule has 0 fully saturated rings. The molecule has 0 aromatic heterocycles. The van der Waals surface area contributed by atoms with E-state index in [2.05, 4.69) is 20.8 Å². The molecule has 0 N–H and O–H groups in total. The van der Waals surface area contributed by atoms with Crippen molar-refractivity contribution < 1.29 is 0 Å². The Morgan fingerprint density at radius 2 is 0.278 bits per heavy atom. The predicted octanol–water partition coefficient (Wildman–Crippen LogP) is 21.2. The highest BCUT2D eigenvalue weighted by molar-refractivity contribution is 4.62. The zero-order chi connectivity index (χ0) is 38.9. The summed E-state index contributed by atoms with van der Waals surface area (Å²) in [5, 5.41) is 0. The van der Waals surface area contributed by atoms with Crippen LogP contribution in [-0.2, 0) is 0 Å². The fraction of sp³-hybridized carbons (Fsp3) is 1.00. The van der Waals surface area contributed by atoms with Gasteiger partial charge >= 0.3 is 0 Å². The molecule has 0 aromatic rings.